The summed E-state index contributed by atoms with van der Waals surface area (Å²) in [6, 6.07) is 10.2. The topological polar surface area (TPSA) is 59.8 Å². The summed E-state index contributed by atoms with van der Waals surface area (Å²) in [6.45, 7) is 0.660. The smallest absolute Gasteiger partial charge is 0.227 e. The molecule has 1 N–H and O–H groups in total. The number of aromatic nitrogens is 3. The first-order valence-electron chi connectivity index (χ1n) is 7.47. The van der Waals surface area contributed by atoms with Gasteiger partial charge in [-0.25, -0.2) is 0 Å². The van der Waals surface area contributed by atoms with Crippen LogP contribution in [0.3, 0.4) is 0 Å². The van der Waals surface area contributed by atoms with E-state index in [-0.39, 0.29) is 5.91 Å². The monoisotopic (exact) mass is 312 g/mol. The number of benzene rings is 1. The van der Waals surface area contributed by atoms with Gasteiger partial charge < -0.3 is 9.88 Å². The van der Waals surface area contributed by atoms with Crippen molar-refractivity contribution in [2.24, 2.45) is 0 Å². The third kappa shape index (κ3) is 2.74. The van der Waals surface area contributed by atoms with Gasteiger partial charge in [0.1, 0.15) is 5.01 Å². The Morgan fingerprint density at radius 1 is 1.27 bits per heavy atom. The average Bonchev–Trinajstić information content (AvgIpc) is 3.14. The summed E-state index contributed by atoms with van der Waals surface area (Å²) in [4.78, 5) is 12.1. The van der Waals surface area contributed by atoms with Crippen LogP contribution in [0.2, 0.25) is 0 Å². The zero-order valence-corrected chi connectivity index (χ0v) is 12.8. The predicted octanol–water partition coefficient (Wildman–Crippen LogP) is 3.40. The molecule has 5 nitrogen and oxygen atoms in total. The zero-order valence-electron chi connectivity index (χ0n) is 12.0. The molecule has 0 atom stereocenters. The van der Waals surface area contributed by atoms with E-state index >= 15 is 0 Å². The maximum absolute atomic E-state index is 12.1. The Labute approximate surface area is 132 Å². The van der Waals surface area contributed by atoms with E-state index in [0.29, 0.717) is 24.0 Å². The van der Waals surface area contributed by atoms with E-state index in [1.165, 1.54) is 29.6 Å². The fourth-order valence-corrected chi connectivity index (χ4v) is 3.45. The van der Waals surface area contributed by atoms with Gasteiger partial charge in [0.15, 0.2) is 0 Å². The highest BCUT2D eigenvalue weighted by atomic mass is 32.1. The minimum absolute atomic E-state index is 0.0173. The van der Waals surface area contributed by atoms with Crippen molar-refractivity contribution < 1.29 is 4.79 Å². The Morgan fingerprint density at radius 3 is 3.00 bits per heavy atom. The largest absolute Gasteiger partial charge is 0.347 e. The second-order valence-electron chi connectivity index (χ2n) is 5.59. The Morgan fingerprint density at radius 2 is 2.14 bits per heavy atom. The van der Waals surface area contributed by atoms with E-state index in [0.717, 1.165) is 10.5 Å². The number of rotatable bonds is 5. The highest BCUT2D eigenvalue weighted by molar-refractivity contribution is 7.15. The lowest BCUT2D eigenvalue weighted by Gasteiger charge is -2.05. The molecule has 2 aromatic heterocycles. The summed E-state index contributed by atoms with van der Waals surface area (Å²) in [5, 5.41) is 13.9. The molecule has 0 unspecified atom stereocenters. The normalized spacial score (nSPS) is 14.4. The van der Waals surface area contributed by atoms with Crippen molar-refractivity contribution in [3.63, 3.8) is 0 Å². The van der Waals surface area contributed by atoms with Crippen LogP contribution in [0.1, 0.15) is 30.2 Å². The number of amides is 1. The van der Waals surface area contributed by atoms with Gasteiger partial charge in [0, 0.05) is 30.6 Å². The summed E-state index contributed by atoms with van der Waals surface area (Å²) in [5.41, 5.74) is 1.15. The number of aryl methyl sites for hydroxylation is 1. The molecule has 1 aliphatic rings. The number of carbonyl (C=O) groups excluding carboxylic acids is 1. The third-order valence-electron chi connectivity index (χ3n) is 3.87. The van der Waals surface area contributed by atoms with Gasteiger partial charge in [0.05, 0.1) is 0 Å². The van der Waals surface area contributed by atoms with E-state index in [2.05, 4.69) is 38.3 Å². The third-order valence-corrected chi connectivity index (χ3v) is 4.87. The van der Waals surface area contributed by atoms with Crippen molar-refractivity contribution in [2.75, 3.05) is 5.32 Å². The summed E-state index contributed by atoms with van der Waals surface area (Å²) < 4.78 is 2.10. The molecule has 6 heteroatoms. The Kier molecular flexibility index (Phi) is 3.38. The van der Waals surface area contributed by atoms with Crippen LogP contribution >= 0.6 is 11.3 Å². The van der Waals surface area contributed by atoms with Crippen LogP contribution in [0.15, 0.2) is 36.5 Å². The average molecular weight is 312 g/mol. The van der Waals surface area contributed by atoms with E-state index in [1.54, 1.807) is 0 Å². The van der Waals surface area contributed by atoms with E-state index in [9.17, 15) is 4.79 Å². The van der Waals surface area contributed by atoms with Crippen LogP contribution in [0, 0.1) is 0 Å². The molecule has 2 heterocycles. The van der Waals surface area contributed by atoms with Gasteiger partial charge >= 0.3 is 0 Å². The van der Waals surface area contributed by atoms with Gasteiger partial charge in [-0.15, -0.1) is 10.2 Å². The summed E-state index contributed by atoms with van der Waals surface area (Å²) in [6.07, 6.45) is 4.84. The lowest BCUT2D eigenvalue weighted by atomic mass is 10.2. The molecule has 4 rings (SSSR count). The van der Waals surface area contributed by atoms with Crippen molar-refractivity contribution in [3.8, 4) is 0 Å². The molecular formula is C16H16N4OS. The van der Waals surface area contributed by atoms with Crippen LogP contribution in [0.4, 0.5) is 5.13 Å². The molecule has 1 aromatic carbocycles. The second kappa shape index (κ2) is 5.53. The lowest BCUT2D eigenvalue weighted by molar-refractivity contribution is -0.116. The fourth-order valence-electron chi connectivity index (χ4n) is 2.52. The summed E-state index contributed by atoms with van der Waals surface area (Å²) >= 11 is 1.50. The van der Waals surface area contributed by atoms with Crippen LogP contribution in [0.5, 0.6) is 0 Å². The van der Waals surface area contributed by atoms with Gasteiger partial charge in [0.2, 0.25) is 11.0 Å². The first-order chi connectivity index (χ1) is 10.8. The predicted molar refractivity (Wildman–Crippen MR) is 87.1 cm³/mol. The Hall–Kier alpha value is -2.21. The number of fused-ring (bicyclic) bond motifs is 1. The van der Waals surface area contributed by atoms with Gasteiger partial charge in [-0.2, -0.15) is 0 Å². The molecular weight excluding hydrogens is 296 g/mol. The molecule has 112 valence electrons. The van der Waals surface area contributed by atoms with E-state index in [1.807, 2.05) is 18.3 Å². The molecule has 1 saturated carbocycles. The molecule has 0 spiro atoms. The first kappa shape index (κ1) is 13.5. The Balaban J connectivity index is 1.37. The fraction of sp³-hybridized carbons (Fsp3) is 0.312. The number of anilines is 1. The van der Waals surface area contributed by atoms with Crippen LogP contribution in [-0.4, -0.2) is 20.7 Å². The standard InChI is InChI=1S/C16H16N4OS/c21-14(17-16-19-18-15(22-16)12-5-6-12)8-10-20-9-7-11-3-1-2-4-13(11)20/h1-4,7,9,12H,5-6,8,10H2,(H,17,19,21). The minimum atomic E-state index is -0.0173. The maximum atomic E-state index is 12.1. The number of hydrogen-bond acceptors (Lipinski definition) is 4. The molecule has 3 aromatic rings. The molecule has 22 heavy (non-hydrogen) atoms. The molecule has 1 aliphatic carbocycles. The maximum Gasteiger partial charge on any atom is 0.227 e. The van der Waals surface area contributed by atoms with Crippen LogP contribution in [-0.2, 0) is 11.3 Å². The van der Waals surface area contributed by atoms with Crippen molar-refractivity contribution >= 4 is 33.3 Å². The van der Waals surface area contributed by atoms with Gasteiger partial charge in [-0.3, -0.25) is 4.79 Å². The molecule has 0 bridgehead atoms. The number of para-hydroxylation sites is 1. The minimum Gasteiger partial charge on any atom is -0.347 e. The SMILES string of the molecule is O=C(CCn1ccc2ccccc21)Nc1nnc(C2CC2)s1. The molecule has 0 aliphatic heterocycles. The number of carbonyl (C=O) groups is 1. The van der Waals surface area contributed by atoms with Gasteiger partial charge in [-0.1, -0.05) is 29.5 Å². The highest BCUT2D eigenvalue weighted by Crippen LogP contribution is 2.42. The number of hydrogen-bond donors (Lipinski definition) is 1. The first-order valence-corrected chi connectivity index (χ1v) is 8.28. The second-order valence-corrected chi connectivity index (χ2v) is 6.59. The van der Waals surface area contributed by atoms with E-state index in [4.69, 9.17) is 0 Å². The van der Waals surface area contributed by atoms with Crippen molar-refractivity contribution in [2.45, 2.75) is 31.7 Å². The van der Waals surface area contributed by atoms with Gasteiger partial charge in [0.25, 0.3) is 0 Å². The molecule has 0 saturated heterocycles. The van der Waals surface area contributed by atoms with E-state index < -0.39 is 0 Å². The summed E-state index contributed by atoms with van der Waals surface area (Å²) in [5.74, 6) is 0.561. The Bertz CT molecular complexity index is 818. The van der Waals surface area contributed by atoms with Crippen LogP contribution in [0.25, 0.3) is 10.9 Å². The van der Waals surface area contributed by atoms with Crippen LogP contribution < -0.4 is 5.32 Å². The van der Waals surface area contributed by atoms with Gasteiger partial charge in [-0.05, 0) is 30.4 Å². The van der Waals surface area contributed by atoms with Crippen molar-refractivity contribution in [1.29, 1.82) is 0 Å². The van der Waals surface area contributed by atoms with Crippen molar-refractivity contribution in [3.05, 3.63) is 41.5 Å². The molecule has 1 fully saturated rings. The highest BCUT2D eigenvalue weighted by Gasteiger charge is 2.27. The number of nitrogens with zero attached hydrogens (tertiary/aromatic N) is 3. The molecule has 1 amide bonds. The molecule has 0 radical (unpaired) electrons. The van der Waals surface area contributed by atoms with Crippen molar-refractivity contribution in [1.82, 2.24) is 14.8 Å². The number of nitrogens with one attached hydrogen (secondary N) is 1. The lowest BCUT2D eigenvalue weighted by Crippen LogP contribution is -2.14. The summed E-state index contributed by atoms with van der Waals surface area (Å²) in [7, 11) is 0. The quantitative estimate of drug-likeness (QED) is 0.785. The zero-order chi connectivity index (χ0) is 14.9.